The Hall–Kier alpha value is -0.690. The van der Waals surface area contributed by atoms with Gasteiger partial charge in [0.25, 0.3) is 5.56 Å². The lowest BCUT2D eigenvalue weighted by molar-refractivity contribution is 0.595. The van der Waals surface area contributed by atoms with Crippen LogP contribution in [-0.2, 0) is 6.54 Å². The van der Waals surface area contributed by atoms with Gasteiger partial charge in [-0.25, -0.2) is 4.39 Å². The fourth-order valence-corrected chi connectivity index (χ4v) is 2.51. The van der Waals surface area contributed by atoms with Crippen LogP contribution in [0.3, 0.4) is 0 Å². The molecule has 0 aliphatic carbocycles. The van der Waals surface area contributed by atoms with Crippen molar-refractivity contribution in [2.24, 2.45) is 0 Å². The van der Waals surface area contributed by atoms with Crippen LogP contribution in [0, 0.1) is 16.3 Å². The van der Waals surface area contributed by atoms with Gasteiger partial charge in [-0.1, -0.05) is 15.9 Å². The molecule has 18 heavy (non-hydrogen) atoms. The summed E-state index contributed by atoms with van der Waals surface area (Å²) in [5.41, 5.74) is 1.31. The van der Waals surface area contributed by atoms with Crippen LogP contribution in [0.15, 0.2) is 39.7 Å². The summed E-state index contributed by atoms with van der Waals surface area (Å²) in [5.74, 6) is -0.305. The lowest BCUT2D eigenvalue weighted by atomic mass is 10.2. The molecule has 2 aromatic rings. The Balaban J connectivity index is 2.43. The van der Waals surface area contributed by atoms with E-state index in [4.69, 9.17) is 0 Å². The summed E-state index contributed by atoms with van der Waals surface area (Å²) in [4.78, 5) is 11.8. The highest BCUT2D eigenvalue weighted by Crippen LogP contribution is 2.16. The van der Waals surface area contributed by atoms with Gasteiger partial charge in [0, 0.05) is 25.9 Å². The zero-order valence-corrected chi connectivity index (χ0v) is 13.3. The summed E-state index contributed by atoms with van der Waals surface area (Å²) in [6, 6.07) is 6.29. The summed E-state index contributed by atoms with van der Waals surface area (Å²) < 4.78 is 16.9. The Labute approximate surface area is 126 Å². The molecule has 0 spiro atoms. The number of hydrogen-bond acceptors (Lipinski definition) is 1. The van der Waals surface area contributed by atoms with Gasteiger partial charge in [0.15, 0.2) is 0 Å². The smallest absolute Gasteiger partial charge is 0.251 e. The van der Waals surface area contributed by atoms with Crippen molar-refractivity contribution in [3.05, 3.63) is 65.8 Å². The van der Waals surface area contributed by atoms with Crippen LogP contribution >= 0.6 is 38.5 Å². The molecule has 0 unspecified atom stereocenters. The summed E-state index contributed by atoms with van der Waals surface area (Å²) in [6.45, 7) is 2.12. The van der Waals surface area contributed by atoms with Gasteiger partial charge in [0.05, 0.1) is 6.54 Å². The molecule has 5 heteroatoms. The minimum Gasteiger partial charge on any atom is -0.310 e. The normalized spacial score (nSPS) is 10.7. The first-order chi connectivity index (χ1) is 8.47. The van der Waals surface area contributed by atoms with Crippen molar-refractivity contribution in [3.8, 4) is 0 Å². The van der Waals surface area contributed by atoms with E-state index in [1.807, 2.05) is 6.92 Å². The van der Waals surface area contributed by atoms with Gasteiger partial charge >= 0.3 is 0 Å². The molecule has 0 saturated carbocycles. The van der Waals surface area contributed by atoms with Gasteiger partial charge in [-0.3, -0.25) is 4.79 Å². The molecule has 0 atom stereocenters. The molecule has 2 nitrogen and oxygen atoms in total. The average Bonchev–Trinajstić information content (AvgIpc) is 2.30. The van der Waals surface area contributed by atoms with Crippen LogP contribution in [0.4, 0.5) is 4.39 Å². The van der Waals surface area contributed by atoms with Crippen LogP contribution in [0.25, 0.3) is 0 Å². The summed E-state index contributed by atoms with van der Waals surface area (Å²) in [6.07, 6.45) is 1.75. The van der Waals surface area contributed by atoms with E-state index in [1.54, 1.807) is 24.4 Å². The van der Waals surface area contributed by atoms with Crippen molar-refractivity contribution < 1.29 is 4.39 Å². The highest BCUT2D eigenvalue weighted by molar-refractivity contribution is 14.1. The second-order valence-corrected chi connectivity index (χ2v) is 6.08. The van der Waals surface area contributed by atoms with E-state index in [0.717, 1.165) is 13.6 Å². The molecular formula is C13H10BrFINO. The highest BCUT2D eigenvalue weighted by atomic mass is 127. The van der Waals surface area contributed by atoms with Crippen molar-refractivity contribution >= 4 is 38.5 Å². The maximum atomic E-state index is 13.6. The van der Waals surface area contributed by atoms with Gasteiger partial charge in [0.1, 0.15) is 5.82 Å². The quantitative estimate of drug-likeness (QED) is 0.677. The van der Waals surface area contributed by atoms with Crippen LogP contribution in [0.5, 0.6) is 0 Å². The SMILES string of the molecule is Cc1cc(=O)n(Cc2cc(Br)ccc2F)cc1I. The molecule has 0 amide bonds. The third-order valence-corrected chi connectivity index (χ3v) is 4.24. The summed E-state index contributed by atoms with van der Waals surface area (Å²) in [7, 11) is 0. The zero-order valence-electron chi connectivity index (χ0n) is 9.58. The summed E-state index contributed by atoms with van der Waals surface area (Å²) in [5, 5.41) is 0. The Morgan fingerprint density at radius 3 is 2.83 bits per heavy atom. The van der Waals surface area contributed by atoms with Crippen LogP contribution in [0.1, 0.15) is 11.1 Å². The van der Waals surface area contributed by atoms with E-state index in [1.165, 1.54) is 10.6 Å². The fourth-order valence-electron chi connectivity index (χ4n) is 1.61. The maximum Gasteiger partial charge on any atom is 0.251 e. The highest BCUT2D eigenvalue weighted by Gasteiger charge is 2.06. The van der Waals surface area contributed by atoms with Crippen LogP contribution < -0.4 is 5.56 Å². The third-order valence-electron chi connectivity index (χ3n) is 2.62. The standard InChI is InChI=1S/C13H10BrFINO/c1-8-4-13(18)17(7-12(8)16)6-9-5-10(14)2-3-11(9)15/h2-5,7H,6H2,1H3. The first-order valence-electron chi connectivity index (χ1n) is 5.28. The molecule has 2 rings (SSSR count). The lowest BCUT2D eigenvalue weighted by Crippen LogP contribution is -2.21. The van der Waals surface area contributed by atoms with Crippen molar-refractivity contribution in [2.75, 3.05) is 0 Å². The first-order valence-corrected chi connectivity index (χ1v) is 7.15. The number of halogens is 3. The molecule has 0 aliphatic rings. The van der Waals surface area contributed by atoms with Crippen molar-refractivity contribution in [3.63, 3.8) is 0 Å². The van der Waals surface area contributed by atoms with Crippen LogP contribution in [0.2, 0.25) is 0 Å². The molecule has 0 bridgehead atoms. The first kappa shape index (κ1) is 13.7. The number of hydrogen-bond donors (Lipinski definition) is 0. The molecule has 0 N–H and O–H groups in total. The number of pyridine rings is 1. The number of aromatic nitrogens is 1. The monoisotopic (exact) mass is 421 g/mol. The molecule has 1 aromatic heterocycles. The topological polar surface area (TPSA) is 22.0 Å². The van der Waals surface area contributed by atoms with Crippen molar-refractivity contribution in [2.45, 2.75) is 13.5 Å². The Morgan fingerprint density at radius 1 is 1.39 bits per heavy atom. The minimum absolute atomic E-state index is 0.118. The number of rotatable bonds is 2. The van der Waals surface area contributed by atoms with Gasteiger partial charge in [0.2, 0.25) is 0 Å². The molecule has 94 valence electrons. The largest absolute Gasteiger partial charge is 0.310 e. The molecular weight excluding hydrogens is 412 g/mol. The molecule has 1 aromatic carbocycles. The van der Waals surface area contributed by atoms with Crippen LogP contribution in [-0.4, -0.2) is 4.57 Å². The molecule has 1 heterocycles. The predicted molar refractivity (Wildman–Crippen MR) is 81.4 cm³/mol. The Morgan fingerprint density at radius 2 is 2.11 bits per heavy atom. The lowest BCUT2D eigenvalue weighted by Gasteiger charge is -2.09. The van der Waals surface area contributed by atoms with E-state index in [0.29, 0.717) is 5.56 Å². The van der Waals surface area contributed by atoms with E-state index in [2.05, 4.69) is 38.5 Å². The van der Waals surface area contributed by atoms with Crippen molar-refractivity contribution in [1.29, 1.82) is 0 Å². The van der Waals surface area contributed by atoms with Gasteiger partial charge in [-0.05, 0) is 53.3 Å². The second-order valence-electron chi connectivity index (χ2n) is 4.01. The fraction of sp³-hybridized carbons (Fsp3) is 0.154. The minimum atomic E-state index is -0.305. The Kier molecular flexibility index (Phi) is 4.21. The predicted octanol–water partition coefficient (Wildman–Crippen LogP) is 3.71. The van der Waals surface area contributed by atoms with E-state index in [9.17, 15) is 9.18 Å². The maximum absolute atomic E-state index is 13.6. The van der Waals surface area contributed by atoms with Crippen molar-refractivity contribution in [1.82, 2.24) is 4.57 Å². The van der Waals surface area contributed by atoms with E-state index >= 15 is 0 Å². The Bertz CT molecular complexity index is 654. The summed E-state index contributed by atoms with van der Waals surface area (Å²) >= 11 is 5.46. The molecule has 0 saturated heterocycles. The third kappa shape index (κ3) is 3.00. The van der Waals surface area contributed by atoms with Gasteiger partial charge in [-0.2, -0.15) is 0 Å². The molecule has 0 radical (unpaired) electrons. The second kappa shape index (κ2) is 5.52. The van der Waals surface area contributed by atoms with Gasteiger partial charge < -0.3 is 4.57 Å². The van der Waals surface area contributed by atoms with Gasteiger partial charge in [-0.15, -0.1) is 0 Å². The molecule has 0 aliphatic heterocycles. The zero-order chi connectivity index (χ0) is 13.3. The average molecular weight is 422 g/mol. The van der Waals surface area contributed by atoms with E-state index in [-0.39, 0.29) is 17.9 Å². The molecule has 0 fully saturated rings. The van der Waals surface area contributed by atoms with E-state index < -0.39 is 0 Å². The number of aryl methyl sites for hydroxylation is 1. The number of nitrogens with zero attached hydrogens (tertiary/aromatic N) is 1. The number of benzene rings is 1.